The fourth-order valence-corrected chi connectivity index (χ4v) is 3.88. The van der Waals surface area contributed by atoms with Gasteiger partial charge in [0, 0.05) is 30.0 Å². The van der Waals surface area contributed by atoms with Crippen LogP contribution in [0.3, 0.4) is 0 Å². The molecule has 2 aromatic rings. The van der Waals surface area contributed by atoms with E-state index in [0.717, 1.165) is 11.1 Å². The second-order valence-corrected chi connectivity index (χ2v) is 7.07. The van der Waals surface area contributed by atoms with Crippen LogP contribution in [0, 0.1) is 0 Å². The number of sulfonamides is 1. The van der Waals surface area contributed by atoms with Crippen molar-refractivity contribution in [2.75, 3.05) is 6.54 Å². The normalized spacial score (nSPS) is 11.5. The predicted molar refractivity (Wildman–Crippen MR) is 85.2 cm³/mol. The lowest BCUT2D eigenvalue weighted by Crippen LogP contribution is -2.26. The zero-order valence-electron chi connectivity index (χ0n) is 11.3. The molecule has 0 atom stereocenters. The van der Waals surface area contributed by atoms with Crippen molar-refractivity contribution >= 4 is 26.0 Å². The van der Waals surface area contributed by atoms with Gasteiger partial charge in [-0.3, -0.25) is 4.98 Å². The molecule has 0 aliphatic heterocycles. The number of aromatic nitrogens is 1. The first-order valence-corrected chi connectivity index (χ1v) is 8.67. The summed E-state index contributed by atoms with van der Waals surface area (Å²) < 4.78 is 27.7. The van der Waals surface area contributed by atoms with E-state index in [4.69, 9.17) is 5.73 Å². The van der Waals surface area contributed by atoms with Crippen molar-refractivity contribution in [3.63, 3.8) is 0 Å². The van der Waals surface area contributed by atoms with Gasteiger partial charge < -0.3 is 5.73 Å². The Morgan fingerprint density at radius 3 is 2.71 bits per heavy atom. The van der Waals surface area contributed by atoms with Crippen molar-refractivity contribution in [3.05, 3.63) is 58.3 Å². The maximum absolute atomic E-state index is 12.3. The van der Waals surface area contributed by atoms with Gasteiger partial charge >= 0.3 is 0 Å². The van der Waals surface area contributed by atoms with Crippen LogP contribution in [0.2, 0.25) is 0 Å². The molecule has 1 aromatic heterocycles. The number of nitrogens with two attached hydrogens (primary N) is 1. The van der Waals surface area contributed by atoms with E-state index >= 15 is 0 Å². The van der Waals surface area contributed by atoms with Crippen molar-refractivity contribution in [3.8, 4) is 0 Å². The van der Waals surface area contributed by atoms with E-state index in [1.54, 1.807) is 30.6 Å². The first kappa shape index (κ1) is 16.1. The molecule has 0 radical (unpaired) electrons. The van der Waals surface area contributed by atoms with Gasteiger partial charge in [-0.05, 0) is 51.7 Å². The second-order valence-electron chi connectivity index (χ2n) is 4.48. The number of pyridine rings is 1. The molecule has 0 spiro atoms. The molecule has 0 saturated carbocycles. The van der Waals surface area contributed by atoms with Crippen LogP contribution >= 0.6 is 15.9 Å². The molecule has 1 heterocycles. The lowest BCUT2D eigenvalue weighted by molar-refractivity contribution is 0.581. The van der Waals surface area contributed by atoms with Gasteiger partial charge in [0.15, 0.2) is 0 Å². The molecule has 0 saturated heterocycles. The largest absolute Gasteiger partial charge is 0.326 e. The fraction of sp³-hybridized carbons (Fsp3) is 0.214. The van der Waals surface area contributed by atoms with Gasteiger partial charge in [0.2, 0.25) is 10.0 Å². The highest BCUT2D eigenvalue weighted by molar-refractivity contribution is 9.10. The monoisotopic (exact) mass is 369 g/mol. The molecule has 112 valence electrons. The maximum Gasteiger partial charge on any atom is 0.241 e. The van der Waals surface area contributed by atoms with E-state index < -0.39 is 10.0 Å². The van der Waals surface area contributed by atoms with Crippen molar-refractivity contribution in [1.29, 1.82) is 0 Å². The number of benzene rings is 1. The molecule has 0 aliphatic carbocycles. The highest BCUT2D eigenvalue weighted by Gasteiger charge is 2.17. The van der Waals surface area contributed by atoms with Gasteiger partial charge in [0.1, 0.15) is 0 Å². The molecule has 21 heavy (non-hydrogen) atoms. The van der Waals surface area contributed by atoms with Crippen LogP contribution in [0.1, 0.15) is 11.1 Å². The van der Waals surface area contributed by atoms with Crippen LogP contribution in [0.15, 0.2) is 52.1 Å². The zero-order chi connectivity index (χ0) is 15.3. The minimum absolute atomic E-state index is 0.205. The van der Waals surface area contributed by atoms with E-state index in [1.165, 1.54) is 0 Å². The van der Waals surface area contributed by atoms with E-state index in [-0.39, 0.29) is 4.90 Å². The van der Waals surface area contributed by atoms with Crippen molar-refractivity contribution in [1.82, 2.24) is 9.71 Å². The molecule has 1 aromatic carbocycles. The Balaban J connectivity index is 2.08. The standard InChI is InChI=1S/C14H16BrN3O2S/c15-13-4-3-12(9-16)8-14(13)21(19,20)18-7-5-11-2-1-6-17-10-11/h1-4,6,8,10,18H,5,7,9,16H2. The minimum Gasteiger partial charge on any atom is -0.326 e. The molecule has 0 unspecified atom stereocenters. The molecular weight excluding hydrogens is 354 g/mol. The summed E-state index contributed by atoms with van der Waals surface area (Å²) in [6.45, 7) is 0.610. The molecule has 0 bridgehead atoms. The van der Waals surface area contributed by atoms with Crippen LogP contribution in [0.25, 0.3) is 0 Å². The van der Waals surface area contributed by atoms with Gasteiger partial charge in [0.05, 0.1) is 4.90 Å². The summed E-state index contributed by atoms with van der Waals surface area (Å²) in [5.41, 5.74) is 7.30. The molecule has 0 amide bonds. The average molecular weight is 370 g/mol. The Hall–Kier alpha value is -1.28. The quantitative estimate of drug-likeness (QED) is 0.813. The fourth-order valence-electron chi connectivity index (χ4n) is 1.83. The summed E-state index contributed by atoms with van der Waals surface area (Å²) in [6, 6.07) is 8.80. The summed E-state index contributed by atoms with van der Waals surface area (Å²) in [5.74, 6) is 0. The van der Waals surface area contributed by atoms with Gasteiger partial charge in [-0.2, -0.15) is 0 Å². The van der Waals surface area contributed by atoms with Crippen molar-refractivity contribution < 1.29 is 8.42 Å². The number of rotatable bonds is 6. The first-order chi connectivity index (χ1) is 10.0. The average Bonchev–Trinajstić information content (AvgIpc) is 2.48. The molecular formula is C14H16BrN3O2S. The molecule has 3 N–H and O–H groups in total. The van der Waals surface area contributed by atoms with E-state index in [0.29, 0.717) is 24.0 Å². The van der Waals surface area contributed by atoms with E-state index in [2.05, 4.69) is 25.6 Å². The number of hydrogen-bond donors (Lipinski definition) is 2. The third kappa shape index (κ3) is 4.34. The Bertz CT molecular complexity index is 705. The zero-order valence-corrected chi connectivity index (χ0v) is 13.7. The number of nitrogens with one attached hydrogen (secondary N) is 1. The Kier molecular flexibility index (Phi) is 5.46. The van der Waals surface area contributed by atoms with Crippen molar-refractivity contribution in [2.45, 2.75) is 17.9 Å². The van der Waals surface area contributed by atoms with Gasteiger partial charge in [-0.1, -0.05) is 12.1 Å². The smallest absolute Gasteiger partial charge is 0.241 e. The summed E-state index contributed by atoms with van der Waals surface area (Å²) in [7, 11) is -3.57. The highest BCUT2D eigenvalue weighted by Crippen LogP contribution is 2.23. The summed E-state index contributed by atoms with van der Waals surface area (Å²) in [5, 5.41) is 0. The Labute approximate surface area is 132 Å². The van der Waals surface area contributed by atoms with Crippen LogP contribution in [-0.2, 0) is 23.0 Å². The highest BCUT2D eigenvalue weighted by atomic mass is 79.9. The SMILES string of the molecule is NCc1ccc(Br)c(S(=O)(=O)NCCc2cccnc2)c1. The predicted octanol–water partition coefficient (Wildman–Crippen LogP) is 1.82. The first-order valence-electron chi connectivity index (χ1n) is 6.40. The molecule has 0 fully saturated rings. The Morgan fingerprint density at radius 1 is 1.24 bits per heavy atom. The van der Waals surface area contributed by atoms with Crippen LogP contribution in [-0.4, -0.2) is 19.9 Å². The molecule has 0 aliphatic rings. The van der Waals surface area contributed by atoms with Crippen LogP contribution < -0.4 is 10.5 Å². The maximum atomic E-state index is 12.3. The summed E-state index contributed by atoms with van der Waals surface area (Å²) in [6.07, 6.45) is 3.99. The number of hydrogen-bond acceptors (Lipinski definition) is 4. The lowest BCUT2D eigenvalue weighted by Gasteiger charge is -2.10. The second kappa shape index (κ2) is 7.13. The number of halogens is 1. The summed E-state index contributed by atoms with van der Waals surface area (Å²) in [4.78, 5) is 4.20. The summed E-state index contributed by atoms with van der Waals surface area (Å²) >= 11 is 3.26. The minimum atomic E-state index is -3.57. The van der Waals surface area contributed by atoms with E-state index in [9.17, 15) is 8.42 Å². The van der Waals surface area contributed by atoms with Crippen molar-refractivity contribution in [2.24, 2.45) is 5.73 Å². The third-order valence-electron chi connectivity index (χ3n) is 2.95. The molecule has 2 rings (SSSR count). The lowest BCUT2D eigenvalue weighted by atomic mass is 10.2. The topological polar surface area (TPSA) is 85.1 Å². The van der Waals surface area contributed by atoms with Gasteiger partial charge in [-0.15, -0.1) is 0 Å². The molecule has 7 heteroatoms. The Morgan fingerprint density at radius 2 is 2.05 bits per heavy atom. The van der Waals surface area contributed by atoms with Crippen LogP contribution in [0.5, 0.6) is 0 Å². The van der Waals surface area contributed by atoms with Gasteiger partial charge in [0.25, 0.3) is 0 Å². The van der Waals surface area contributed by atoms with Gasteiger partial charge in [-0.25, -0.2) is 13.1 Å². The van der Waals surface area contributed by atoms with E-state index in [1.807, 2.05) is 12.1 Å². The molecule has 5 nitrogen and oxygen atoms in total. The number of nitrogens with zero attached hydrogens (tertiary/aromatic N) is 1. The van der Waals surface area contributed by atoms with Crippen LogP contribution in [0.4, 0.5) is 0 Å². The third-order valence-corrected chi connectivity index (χ3v) is 5.40.